The van der Waals surface area contributed by atoms with Gasteiger partial charge in [0.15, 0.2) is 7.05 Å². The Labute approximate surface area is 165 Å². The molecular formula is C17H18N3O8S+. The van der Waals surface area contributed by atoms with E-state index in [0.29, 0.717) is 5.69 Å². The molecule has 12 heteroatoms. The predicted octanol–water partition coefficient (Wildman–Crippen LogP) is 1.47. The molecular weight excluding hydrogens is 406 g/mol. The van der Waals surface area contributed by atoms with E-state index in [1.165, 1.54) is 42.1 Å². The summed E-state index contributed by atoms with van der Waals surface area (Å²) in [6, 6.07) is 7.71. The van der Waals surface area contributed by atoms with E-state index in [1.807, 2.05) is 0 Å². The Morgan fingerprint density at radius 2 is 1.69 bits per heavy atom. The summed E-state index contributed by atoms with van der Waals surface area (Å²) in [6.45, 7) is -0.354. The summed E-state index contributed by atoms with van der Waals surface area (Å²) in [4.78, 5) is 23.2. The van der Waals surface area contributed by atoms with Crippen LogP contribution in [0.2, 0.25) is 0 Å². The second kappa shape index (κ2) is 8.67. The van der Waals surface area contributed by atoms with Gasteiger partial charge < -0.3 is 20.6 Å². The number of carbonyl (C=O) groups excluding carboxylic acids is 1. The Hall–Kier alpha value is -3.51. The van der Waals surface area contributed by atoms with Gasteiger partial charge in [0.05, 0.1) is 11.3 Å². The van der Waals surface area contributed by atoms with Crippen molar-refractivity contribution < 1.29 is 42.6 Å². The summed E-state index contributed by atoms with van der Waals surface area (Å²) in [5, 5.41) is 34.9. The number of benzene rings is 2. The number of carboxylic acids is 1. The van der Waals surface area contributed by atoms with Crippen LogP contribution in [0.1, 0.15) is 20.7 Å². The minimum Gasteiger partial charge on any atom is -0.507 e. The number of azo groups is 2. The van der Waals surface area contributed by atoms with Crippen LogP contribution in [-0.4, -0.2) is 64.2 Å². The highest BCUT2D eigenvalue weighted by Crippen LogP contribution is 2.27. The Bertz CT molecular complexity index is 1100. The highest BCUT2D eigenvalue weighted by atomic mass is 32.2. The molecule has 0 saturated carbocycles. The number of rotatable bonds is 7. The topological polar surface area (TPSA) is 177 Å². The average molecular weight is 424 g/mol. The van der Waals surface area contributed by atoms with Gasteiger partial charge in [-0.2, -0.15) is 8.42 Å². The van der Waals surface area contributed by atoms with Gasteiger partial charge in [0.1, 0.15) is 22.7 Å². The number of hydrogen-bond donors (Lipinski definition) is 5. The van der Waals surface area contributed by atoms with Gasteiger partial charge in [-0.05, 0) is 29.4 Å². The van der Waals surface area contributed by atoms with Gasteiger partial charge in [-0.3, -0.25) is 9.35 Å². The van der Waals surface area contributed by atoms with Crippen LogP contribution >= 0.6 is 0 Å². The van der Waals surface area contributed by atoms with E-state index in [-0.39, 0.29) is 29.1 Å². The monoisotopic (exact) mass is 424 g/mol. The summed E-state index contributed by atoms with van der Waals surface area (Å²) in [5.74, 6) is -3.53. The van der Waals surface area contributed by atoms with Crippen LogP contribution < -0.4 is 5.32 Å². The van der Waals surface area contributed by atoms with Crippen molar-refractivity contribution in [2.24, 2.45) is 5.11 Å². The molecule has 0 aliphatic rings. The molecule has 1 amide bonds. The fourth-order valence-electron chi connectivity index (χ4n) is 2.28. The van der Waals surface area contributed by atoms with Crippen LogP contribution in [0.5, 0.6) is 11.5 Å². The third-order valence-corrected chi connectivity index (χ3v) is 4.44. The van der Waals surface area contributed by atoms with Crippen molar-refractivity contribution in [2.45, 2.75) is 0 Å². The van der Waals surface area contributed by atoms with Gasteiger partial charge in [-0.25, -0.2) is 4.79 Å². The standard InChI is InChI=1S/C17H17N3O8S/c1-20(19-10-2-4-15(22)13(8-10)17(24)25)11-3-5-14(21)12(9-11)16(23)18-6-7-29(26,27)28/h2-5,8-9H,6-7H2,1H3,(H4,18,21,23,24,25,26,27,28)/p+1. The van der Waals surface area contributed by atoms with Gasteiger partial charge >= 0.3 is 5.97 Å². The second-order valence-corrected chi connectivity index (χ2v) is 7.45. The molecule has 11 nitrogen and oxygen atoms in total. The molecule has 2 aromatic rings. The second-order valence-electron chi connectivity index (χ2n) is 5.87. The first-order chi connectivity index (χ1) is 13.5. The highest BCUT2D eigenvalue weighted by molar-refractivity contribution is 7.85. The SMILES string of the molecule is C[N+](=Nc1ccc(O)c(C(=O)O)c1)c1ccc(O)c(C(=O)NCCS(=O)(=O)O)c1. The van der Waals surface area contributed by atoms with Gasteiger partial charge in [0.25, 0.3) is 16.0 Å². The zero-order chi connectivity index (χ0) is 21.8. The quantitative estimate of drug-likeness (QED) is 0.252. The molecule has 0 spiro atoms. The van der Waals surface area contributed by atoms with Crippen molar-refractivity contribution >= 4 is 33.4 Å². The van der Waals surface area contributed by atoms with Gasteiger partial charge in [0.2, 0.25) is 5.69 Å². The van der Waals surface area contributed by atoms with Crippen molar-refractivity contribution in [3.8, 4) is 11.5 Å². The Kier molecular flexibility index (Phi) is 6.51. The molecule has 0 atom stereocenters. The molecule has 2 aromatic carbocycles. The molecule has 0 aliphatic carbocycles. The van der Waals surface area contributed by atoms with Crippen molar-refractivity contribution in [3.05, 3.63) is 47.5 Å². The van der Waals surface area contributed by atoms with Crippen LogP contribution in [-0.2, 0) is 10.1 Å². The first-order valence-corrected chi connectivity index (χ1v) is 9.67. The molecule has 2 rings (SSSR count). The van der Waals surface area contributed by atoms with E-state index in [1.54, 1.807) is 0 Å². The van der Waals surface area contributed by atoms with Crippen LogP contribution in [0.3, 0.4) is 0 Å². The number of carboxylic acid groups (broad SMARTS) is 1. The lowest BCUT2D eigenvalue weighted by Gasteiger charge is -2.06. The van der Waals surface area contributed by atoms with Crippen LogP contribution in [0.25, 0.3) is 0 Å². The normalized spacial score (nSPS) is 11.9. The minimum atomic E-state index is -4.24. The molecule has 0 saturated heterocycles. The maximum atomic E-state index is 12.2. The van der Waals surface area contributed by atoms with E-state index in [0.717, 1.165) is 6.07 Å². The lowest BCUT2D eigenvalue weighted by Crippen LogP contribution is -2.29. The van der Waals surface area contributed by atoms with Crippen molar-refractivity contribution in [2.75, 3.05) is 19.3 Å². The number of nitrogens with zero attached hydrogens (tertiary/aromatic N) is 2. The Morgan fingerprint density at radius 1 is 1.07 bits per heavy atom. The van der Waals surface area contributed by atoms with E-state index in [4.69, 9.17) is 9.66 Å². The molecule has 0 aliphatic heterocycles. The predicted molar refractivity (Wildman–Crippen MR) is 99.9 cm³/mol. The Morgan fingerprint density at radius 3 is 2.31 bits per heavy atom. The van der Waals surface area contributed by atoms with Crippen LogP contribution in [0, 0.1) is 0 Å². The zero-order valence-corrected chi connectivity index (χ0v) is 15.9. The van der Waals surface area contributed by atoms with E-state index >= 15 is 0 Å². The zero-order valence-electron chi connectivity index (χ0n) is 15.1. The summed E-state index contributed by atoms with van der Waals surface area (Å²) < 4.78 is 31.4. The first kappa shape index (κ1) is 21.8. The number of nitrogens with one attached hydrogen (secondary N) is 1. The van der Waals surface area contributed by atoms with Crippen molar-refractivity contribution in [3.63, 3.8) is 0 Å². The maximum Gasteiger partial charge on any atom is 0.339 e. The summed E-state index contributed by atoms with van der Waals surface area (Å²) in [7, 11) is -2.73. The van der Waals surface area contributed by atoms with Crippen LogP contribution in [0.4, 0.5) is 11.4 Å². The molecule has 0 unspecified atom stereocenters. The molecule has 154 valence electrons. The molecule has 0 aromatic heterocycles. The van der Waals surface area contributed by atoms with E-state index in [2.05, 4.69) is 10.4 Å². The van der Waals surface area contributed by atoms with E-state index < -0.39 is 33.5 Å². The third-order valence-electron chi connectivity index (χ3n) is 3.72. The molecule has 5 N–H and O–H groups in total. The number of hydrogen-bond acceptors (Lipinski definition) is 7. The molecule has 0 fully saturated rings. The summed E-state index contributed by atoms with van der Waals surface area (Å²) in [5.41, 5.74) is 0.0867. The van der Waals surface area contributed by atoms with Crippen molar-refractivity contribution in [1.82, 2.24) is 5.32 Å². The fraction of sp³-hybridized carbons (Fsp3) is 0.176. The largest absolute Gasteiger partial charge is 0.507 e. The minimum absolute atomic E-state index is 0.156. The smallest absolute Gasteiger partial charge is 0.339 e. The number of aromatic hydroxyl groups is 2. The highest BCUT2D eigenvalue weighted by Gasteiger charge is 2.18. The molecule has 0 radical (unpaired) electrons. The average Bonchev–Trinajstić information content (AvgIpc) is 2.62. The number of aromatic carboxylic acids is 1. The summed E-state index contributed by atoms with van der Waals surface area (Å²) >= 11 is 0. The third kappa shape index (κ3) is 5.99. The number of amides is 1. The Balaban J connectivity index is 2.28. The van der Waals surface area contributed by atoms with Gasteiger partial charge in [0, 0.05) is 18.7 Å². The van der Waals surface area contributed by atoms with E-state index in [9.17, 15) is 28.2 Å². The fourth-order valence-corrected chi connectivity index (χ4v) is 2.64. The number of phenols is 2. The molecule has 29 heavy (non-hydrogen) atoms. The molecule has 0 bridgehead atoms. The number of phenolic OH excluding ortho intramolecular Hbond substituents is 1. The lowest BCUT2D eigenvalue weighted by molar-refractivity contribution is -0.476. The molecule has 0 heterocycles. The lowest BCUT2D eigenvalue weighted by atomic mass is 10.1. The van der Waals surface area contributed by atoms with Crippen molar-refractivity contribution in [1.29, 1.82) is 0 Å². The van der Waals surface area contributed by atoms with Crippen LogP contribution in [0.15, 0.2) is 41.5 Å². The first-order valence-electron chi connectivity index (χ1n) is 8.06. The number of carbonyl (C=O) groups is 2. The van der Waals surface area contributed by atoms with Gasteiger partial charge in [-0.15, -0.1) is 0 Å². The van der Waals surface area contributed by atoms with Gasteiger partial charge in [-0.1, -0.05) is 4.70 Å². The summed E-state index contributed by atoms with van der Waals surface area (Å²) in [6.07, 6.45) is 0. The maximum absolute atomic E-state index is 12.2.